The van der Waals surface area contributed by atoms with Crippen LogP contribution in [0.2, 0.25) is 0 Å². The number of piperidine rings is 1. The van der Waals surface area contributed by atoms with E-state index >= 15 is 0 Å². The molecule has 3 rings (SSSR count). The molecule has 4 heteroatoms. The predicted octanol–water partition coefficient (Wildman–Crippen LogP) is 3.23. The Morgan fingerprint density at radius 2 is 1.91 bits per heavy atom. The van der Waals surface area contributed by atoms with Gasteiger partial charge in [0.15, 0.2) is 0 Å². The molecule has 1 atom stereocenters. The Hall–Kier alpha value is -2.10. The summed E-state index contributed by atoms with van der Waals surface area (Å²) in [5, 5.41) is 0. The number of amides is 2. The molecule has 0 bridgehead atoms. The third kappa shape index (κ3) is 3.63. The highest BCUT2D eigenvalue weighted by atomic mass is 16.2. The normalized spacial score (nSPS) is 22.1. The molecule has 1 aromatic carbocycles. The van der Waals surface area contributed by atoms with Crippen molar-refractivity contribution < 1.29 is 9.59 Å². The minimum absolute atomic E-state index is 0.0935. The molecule has 4 nitrogen and oxygen atoms in total. The molecule has 2 aliphatic heterocycles. The molecular weight excluding hydrogens is 288 g/mol. The summed E-state index contributed by atoms with van der Waals surface area (Å²) in [7, 11) is 0. The van der Waals surface area contributed by atoms with E-state index in [0.717, 1.165) is 43.6 Å². The first-order chi connectivity index (χ1) is 11.1. The van der Waals surface area contributed by atoms with Gasteiger partial charge in [0.05, 0.1) is 0 Å². The van der Waals surface area contributed by atoms with E-state index in [1.54, 1.807) is 6.08 Å². The van der Waals surface area contributed by atoms with Gasteiger partial charge in [-0.3, -0.25) is 9.59 Å². The summed E-state index contributed by atoms with van der Waals surface area (Å²) in [5.41, 5.74) is 1.93. The Bertz CT molecular complexity index is 606. The number of benzene rings is 1. The van der Waals surface area contributed by atoms with E-state index in [2.05, 4.69) is 6.92 Å². The highest BCUT2D eigenvalue weighted by molar-refractivity contribution is 5.95. The number of carbonyl (C=O) groups is 2. The van der Waals surface area contributed by atoms with Crippen molar-refractivity contribution in [3.8, 4) is 0 Å². The van der Waals surface area contributed by atoms with Crippen LogP contribution in [0.5, 0.6) is 0 Å². The fourth-order valence-corrected chi connectivity index (χ4v) is 3.38. The molecule has 23 heavy (non-hydrogen) atoms. The summed E-state index contributed by atoms with van der Waals surface area (Å²) in [6.07, 6.45) is 8.51. The predicted molar refractivity (Wildman–Crippen MR) is 92.1 cm³/mol. The Kier molecular flexibility index (Phi) is 4.79. The summed E-state index contributed by atoms with van der Waals surface area (Å²) in [4.78, 5) is 27.8. The lowest BCUT2D eigenvalue weighted by atomic mass is 10.0. The number of likely N-dealkylation sites (tertiary alicyclic amines) is 1. The maximum atomic E-state index is 12.3. The minimum Gasteiger partial charge on any atom is -0.336 e. The number of anilines is 1. The van der Waals surface area contributed by atoms with Crippen LogP contribution in [-0.4, -0.2) is 35.8 Å². The van der Waals surface area contributed by atoms with E-state index in [9.17, 15) is 9.59 Å². The van der Waals surface area contributed by atoms with Gasteiger partial charge in [0.2, 0.25) is 11.8 Å². The highest BCUT2D eigenvalue weighted by Crippen LogP contribution is 2.22. The zero-order chi connectivity index (χ0) is 16.2. The van der Waals surface area contributed by atoms with Gasteiger partial charge in [-0.25, -0.2) is 0 Å². The van der Waals surface area contributed by atoms with E-state index < -0.39 is 0 Å². The number of rotatable bonds is 3. The molecule has 1 aromatic rings. The molecule has 2 heterocycles. The van der Waals surface area contributed by atoms with Crippen LogP contribution in [0.3, 0.4) is 0 Å². The molecule has 2 aliphatic rings. The molecule has 0 spiro atoms. The zero-order valence-corrected chi connectivity index (χ0v) is 13.7. The molecule has 0 radical (unpaired) electrons. The minimum atomic E-state index is 0.0935. The molecule has 1 unspecified atom stereocenters. The van der Waals surface area contributed by atoms with E-state index in [4.69, 9.17) is 0 Å². The van der Waals surface area contributed by atoms with E-state index in [-0.39, 0.29) is 11.8 Å². The molecule has 2 amide bonds. The van der Waals surface area contributed by atoms with Crippen molar-refractivity contribution in [1.82, 2.24) is 4.90 Å². The first-order valence-corrected chi connectivity index (χ1v) is 8.54. The van der Waals surface area contributed by atoms with Crippen molar-refractivity contribution in [2.24, 2.45) is 0 Å². The molecular formula is C19H24N2O2. The maximum Gasteiger partial charge on any atom is 0.246 e. The quantitative estimate of drug-likeness (QED) is 0.804. The molecule has 0 aliphatic carbocycles. The van der Waals surface area contributed by atoms with Crippen molar-refractivity contribution in [1.29, 1.82) is 0 Å². The van der Waals surface area contributed by atoms with Crippen LogP contribution in [0.1, 0.15) is 44.6 Å². The van der Waals surface area contributed by atoms with Crippen molar-refractivity contribution in [3.63, 3.8) is 0 Å². The van der Waals surface area contributed by atoms with Crippen LogP contribution in [0.4, 0.5) is 5.69 Å². The zero-order valence-electron chi connectivity index (χ0n) is 13.7. The number of hydrogen-bond donors (Lipinski definition) is 0. The van der Waals surface area contributed by atoms with Crippen LogP contribution in [0.15, 0.2) is 30.3 Å². The van der Waals surface area contributed by atoms with Crippen LogP contribution < -0.4 is 4.90 Å². The van der Waals surface area contributed by atoms with Crippen molar-refractivity contribution in [2.45, 2.75) is 45.1 Å². The van der Waals surface area contributed by atoms with Crippen LogP contribution >= 0.6 is 0 Å². The van der Waals surface area contributed by atoms with Crippen molar-refractivity contribution in [2.75, 3.05) is 18.0 Å². The van der Waals surface area contributed by atoms with Crippen molar-refractivity contribution >= 4 is 23.6 Å². The van der Waals surface area contributed by atoms with Crippen LogP contribution in [-0.2, 0) is 9.59 Å². The Labute approximate surface area is 137 Å². The van der Waals surface area contributed by atoms with Gasteiger partial charge in [-0.15, -0.1) is 0 Å². The molecule has 0 saturated carbocycles. The van der Waals surface area contributed by atoms with E-state index in [1.165, 1.54) is 6.42 Å². The van der Waals surface area contributed by atoms with Gasteiger partial charge in [0.1, 0.15) is 0 Å². The van der Waals surface area contributed by atoms with Gasteiger partial charge in [0.25, 0.3) is 0 Å². The number of hydrogen-bond acceptors (Lipinski definition) is 2. The maximum absolute atomic E-state index is 12.3. The largest absolute Gasteiger partial charge is 0.336 e. The summed E-state index contributed by atoms with van der Waals surface area (Å²) in [5.74, 6) is 0.290. The lowest BCUT2D eigenvalue weighted by Crippen LogP contribution is -2.41. The van der Waals surface area contributed by atoms with Gasteiger partial charge >= 0.3 is 0 Å². The monoisotopic (exact) mass is 312 g/mol. The third-order valence-electron chi connectivity index (χ3n) is 4.78. The average Bonchev–Trinajstić information content (AvgIpc) is 2.99. The summed E-state index contributed by atoms with van der Waals surface area (Å²) < 4.78 is 0. The lowest BCUT2D eigenvalue weighted by Gasteiger charge is -2.32. The standard InChI is InChI=1S/C19H24N2O2/c1-15-5-2-3-13-20(15)19(23)12-9-16-7-10-17(11-8-16)21-14-4-6-18(21)22/h7-12,15H,2-6,13-14H2,1H3/b12-9+. The summed E-state index contributed by atoms with van der Waals surface area (Å²) in [6.45, 7) is 3.78. The van der Waals surface area contributed by atoms with E-state index in [1.807, 2.05) is 40.1 Å². The first kappa shape index (κ1) is 15.8. The van der Waals surface area contributed by atoms with Gasteiger partial charge < -0.3 is 9.80 Å². The van der Waals surface area contributed by atoms with Gasteiger partial charge in [0, 0.05) is 37.3 Å². The second-order valence-electron chi connectivity index (χ2n) is 6.45. The van der Waals surface area contributed by atoms with Gasteiger partial charge in [-0.05, 0) is 56.4 Å². The second-order valence-corrected chi connectivity index (χ2v) is 6.45. The molecule has 122 valence electrons. The second kappa shape index (κ2) is 6.99. The average molecular weight is 312 g/mol. The molecule has 2 fully saturated rings. The summed E-state index contributed by atoms with van der Waals surface area (Å²) in [6, 6.07) is 8.17. The fourth-order valence-electron chi connectivity index (χ4n) is 3.38. The Morgan fingerprint density at radius 3 is 2.57 bits per heavy atom. The fraction of sp³-hybridized carbons (Fsp3) is 0.474. The first-order valence-electron chi connectivity index (χ1n) is 8.54. The van der Waals surface area contributed by atoms with E-state index in [0.29, 0.717) is 12.5 Å². The third-order valence-corrected chi connectivity index (χ3v) is 4.78. The summed E-state index contributed by atoms with van der Waals surface area (Å²) >= 11 is 0. The van der Waals surface area contributed by atoms with Crippen LogP contribution in [0, 0.1) is 0 Å². The SMILES string of the molecule is CC1CCCCN1C(=O)/C=C/c1ccc(N2CCCC2=O)cc1. The molecule has 2 saturated heterocycles. The highest BCUT2D eigenvalue weighted by Gasteiger charge is 2.22. The number of nitrogens with zero attached hydrogens (tertiary/aromatic N) is 2. The van der Waals surface area contributed by atoms with Gasteiger partial charge in [-0.1, -0.05) is 12.1 Å². The van der Waals surface area contributed by atoms with Gasteiger partial charge in [-0.2, -0.15) is 0 Å². The lowest BCUT2D eigenvalue weighted by molar-refractivity contribution is -0.129. The molecule has 0 N–H and O–H groups in total. The Morgan fingerprint density at radius 1 is 1.13 bits per heavy atom. The Balaban J connectivity index is 1.63. The van der Waals surface area contributed by atoms with Crippen LogP contribution in [0.25, 0.3) is 6.08 Å². The smallest absolute Gasteiger partial charge is 0.246 e. The molecule has 0 aromatic heterocycles. The van der Waals surface area contributed by atoms with Crippen molar-refractivity contribution in [3.05, 3.63) is 35.9 Å². The topological polar surface area (TPSA) is 40.6 Å². The number of carbonyl (C=O) groups excluding carboxylic acids is 2.